The number of guanidine groups is 1. The van der Waals surface area contributed by atoms with E-state index in [2.05, 4.69) is 49.3 Å². The first-order valence-corrected chi connectivity index (χ1v) is 11.8. The van der Waals surface area contributed by atoms with Crippen LogP contribution in [-0.4, -0.2) is 73.8 Å². The molecule has 0 aliphatic carbocycles. The van der Waals surface area contributed by atoms with Crippen molar-refractivity contribution in [1.82, 2.24) is 10.2 Å². The van der Waals surface area contributed by atoms with Crippen molar-refractivity contribution in [3.8, 4) is 5.75 Å². The Hall–Kier alpha value is -1.81. The monoisotopic (exact) mass is 553 g/mol. The Kier molecular flexibility index (Phi) is 9.01. The summed E-state index contributed by atoms with van der Waals surface area (Å²) in [6, 6.07) is 16.5. The van der Waals surface area contributed by atoms with E-state index in [1.165, 1.54) is 22.8 Å². The second-order valence-corrected chi connectivity index (χ2v) is 8.85. The van der Waals surface area contributed by atoms with Gasteiger partial charge in [-0.3, -0.25) is 4.99 Å². The highest BCUT2D eigenvalue weighted by Gasteiger charge is 2.21. The van der Waals surface area contributed by atoms with Gasteiger partial charge in [-0.1, -0.05) is 24.3 Å². The number of nitrogens with one attached hydrogen (secondary N) is 1. The minimum atomic E-state index is 0. The van der Waals surface area contributed by atoms with Crippen LogP contribution in [-0.2, 0) is 6.54 Å². The van der Waals surface area contributed by atoms with Crippen LogP contribution in [0, 0.1) is 0 Å². The number of hydrogen-bond acceptors (Lipinski definition) is 5. The number of aliphatic imine (C=N–C) groups is 1. The molecule has 0 unspecified atom stereocenters. The predicted molar refractivity (Wildman–Crippen MR) is 143 cm³/mol. The second kappa shape index (κ2) is 11.7. The minimum absolute atomic E-state index is 0. The summed E-state index contributed by atoms with van der Waals surface area (Å²) >= 11 is 2.04. The van der Waals surface area contributed by atoms with Crippen LogP contribution >= 0.6 is 35.7 Å². The van der Waals surface area contributed by atoms with Crippen molar-refractivity contribution in [3.05, 3.63) is 54.1 Å². The number of hydrogen-bond donors (Lipinski definition) is 2. The Bertz CT molecular complexity index is 849. The summed E-state index contributed by atoms with van der Waals surface area (Å²) in [6.07, 6.45) is 0. The van der Waals surface area contributed by atoms with Crippen LogP contribution in [0.15, 0.2) is 53.5 Å². The lowest BCUT2D eigenvalue weighted by Gasteiger charge is -2.37. The van der Waals surface area contributed by atoms with Gasteiger partial charge in [0.25, 0.3) is 0 Å². The number of halogens is 1. The summed E-state index contributed by atoms with van der Waals surface area (Å²) in [6.45, 7) is 6.52. The Morgan fingerprint density at radius 3 is 2.26 bits per heavy atom. The molecule has 2 saturated heterocycles. The molecule has 0 radical (unpaired) electrons. The number of piperazine rings is 1. The Balaban J connectivity index is 0.00000272. The van der Waals surface area contributed by atoms with E-state index in [0.29, 0.717) is 5.75 Å². The lowest BCUT2D eigenvalue weighted by atomic mass is 10.2. The van der Waals surface area contributed by atoms with Gasteiger partial charge in [-0.05, 0) is 29.8 Å². The number of rotatable bonds is 4. The van der Waals surface area contributed by atoms with Crippen molar-refractivity contribution >= 4 is 53.1 Å². The van der Waals surface area contributed by atoms with Crippen LogP contribution in [0.5, 0.6) is 5.75 Å². The van der Waals surface area contributed by atoms with Gasteiger partial charge in [0.1, 0.15) is 5.75 Å². The number of thioether (sulfide) groups is 1. The van der Waals surface area contributed by atoms with Crippen LogP contribution < -0.4 is 15.1 Å². The Labute approximate surface area is 206 Å². The number of phenols is 1. The zero-order valence-corrected chi connectivity index (χ0v) is 21.2. The average molecular weight is 554 g/mol. The molecule has 31 heavy (non-hydrogen) atoms. The first kappa shape index (κ1) is 23.8. The maximum Gasteiger partial charge on any atom is 0.194 e. The van der Waals surface area contributed by atoms with Crippen LogP contribution in [0.1, 0.15) is 5.56 Å². The largest absolute Gasteiger partial charge is 0.506 e. The van der Waals surface area contributed by atoms with Gasteiger partial charge in [0.2, 0.25) is 0 Å². The molecule has 0 spiro atoms. The lowest BCUT2D eigenvalue weighted by Crippen LogP contribution is -2.52. The number of nitrogens with zero attached hydrogens (tertiary/aromatic N) is 4. The van der Waals surface area contributed by atoms with E-state index >= 15 is 0 Å². The molecule has 2 fully saturated rings. The van der Waals surface area contributed by atoms with E-state index in [0.717, 1.165) is 57.5 Å². The first-order chi connectivity index (χ1) is 14.7. The van der Waals surface area contributed by atoms with Crippen molar-refractivity contribution in [2.45, 2.75) is 6.54 Å². The maximum atomic E-state index is 10.1. The second-order valence-electron chi connectivity index (χ2n) is 7.63. The van der Waals surface area contributed by atoms with E-state index < -0.39 is 0 Å². The van der Waals surface area contributed by atoms with E-state index in [9.17, 15) is 5.11 Å². The van der Waals surface area contributed by atoms with Gasteiger partial charge >= 0.3 is 0 Å². The highest BCUT2D eigenvalue weighted by Crippen LogP contribution is 2.27. The third kappa shape index (κ3) is 6.12. The molecular weight excluding hydrogens is 521 g/mol. The summed E-state index contributed by atoms with van der Waals surface area (Å²) in [7, 11) is 1.84. The number of phenolic OH excluding ortho intramolecular Hbond substituents is 1. The van der Waals surface area contributed by atoms with Gasteiger partial charge in [0, 0.05) is 70.1 Å². The van der Waals surface area contributed by atoms with Crippen LogP contribution in [0.25, 0.3) is 0 Å². The quantitative estimate of drug-likeness (QED) is 0.344. The van der Waals surface area contributed by atoms with E-state index in [4.69, 9.17) is 0 Å². The molecule has 4 rings (SSSR count). The van der Waals surface area contributed by atoms with E-state index in [1.54, 1.807) is 6.07 Å². The van der Waals surface area contributed by atoms with Crippen LogP contribution in [0.4, 0.5) is 11.4 Å². The fourth-order valence-corrected chi connectivity index (χ4v) is 4.95. The smallest absolute Gasteiger partial charge is 0.194 e. The van der Waals surface area contributed by atoms with Crippen molar-refractivity contribution in [1.29, 1.82) is 0 Å². The SMILES string of the molecule is CN=C(NCc1ccc(N2CCSCC2)cc1)N1CCN(c2ccccc2O)CC1.I. The molecule has 168 valence electrons. The summed E-state index contributed by atoms with van der Waals surface area (Å²) in [5, 5.41) is 13.6. The molecule has 2 aliphatic heterocycles. The highest BCUT2D eigenvalue weighted by atomic mass is 127. The van der Waals surface area contributed by atoms with Crippen molar-refractivity contribution in [3.63, 3.8) is 0 Å². The fraction of sp³-hybridized carbons (Fsp3) is 0.435. The van der Waals surface area contributed by atoms with Gasteiger partial charge < -0.3 is 25.1 Å². The van der Waals surface area contributed by atoms with Crippen LogP contribution in [0.2, 0.25) is 0 Å². The lowest BCUT2D eigenvalue weighted by molar-refractivity contribution is 0.369. The highest BCUT2D eigenvalue weighted by molar-refractivity contribution is 14.0. The zero-order valence-electron chi connectivity index (χ0n) is 18.0. The summed E-state index contributed by atoms with van der Waals surface area (Å²) in [5.41, 5.74) is 3.50. The topological polar surface area (TPSA) is 54.3 Å². The van der Waals surface area contributed by atoms with Gasteiger partial charge in [-0.25, -0.2) is 0 Å². The summed E-state index contributed by atoms with van der Waals surface area (Å²) < 4.78 is 0. The molecule has 0 amide bonds. The van der Waals surface area contributed by atoms with Crippen LogP contribution in [0.3, 0.4) is 0 Å². The number of benzene rings is 2. The van der Waals surface area contributed by atoms with Crippen molar-refractivity contribution < 1.29 is 5.11 Å². The Morgan fingerprint density at radius 2 is 1.61 bits per heavy atom. The van der Waals surface area contributed by atoms with Gasteiger partial charge in [0.05, 0.1) is 5.69 Å². The minimum Gasteiger partial charge on any atom is -0.506 e. The molecule has 0 saturated carbocycles. The predicted octanol–water partition coefficient (Wildman–Crippen LogP) is 3.46. The summed E-state index contributed by atoms with van der Waals surface area (Å²) in [4.78, 5) is 11.5. The normalized spacial score (nSPS) is 17.3. The molecule has 0 atom stereocenters. The first-order valence-electron chi connectivity index (χ1n) is 10.6. The fourth-order valence-electron chi connectivity index (χ4n) is 4.05. The van der Waals surface area contributed by atoms with Crippen molar-refractivity contribution in [2.24, 2.45) is 4.99 Å². The molecule has 8 heteroatoms. The number of anilines is 2. The standard InChI is InChI=1S/C23H31N5OS.HI/c1-24-23(28-12-10-27(11-13-28)21-4-2-3-5-22(21)29)25-18-19-6-8-20(9-7-19)26-14-16-30-17-15-26;/h2-9,29H,10-18H2,1H3,(H,24,25);1H. The van der Waals surface area contributed by atoms with Gasteiger partial charge in [-0.15, -0.1) is 24.0 Å². The maximum absolute atomic E-state index is 10.1. The Morgan fingerprint density at radius 1 is 0.935 bits per heavy atom. The van der Waals surface area contributed by atoms with Gasteiger partial charge in [0.15, 0.2) is 5.96 Å². The van der Waals surface area contributed by atoms with Gasteiger partial charge in [-0.2, -0.15) is 11.8 Å². The third-order valence-electron chi connectivity index (χ3n) is 5.78. The summed E-state index contributed by atoms with van der Waals surface area (Å²) in [5.74, 6) is 3.72. The number of para-hydroxylation sites is 2. The molecular formula is C23H32IN5OS. The molecule has 0 aromatic heterocycles. The van der Waals surface area contributed by atoms with E-state index in [1.807, 2.05) is 37.0 Å². The molecule has 0 bridgehead atoms. The molecule has 2 aromatic rings. The average Bonchev–Trinajstić information content (AvgIpc) is 2.81. The van der Waals surface area contributed by atoms with Crippen molar-refractivity contribution in [2.75, 3.05) is 67.6 Å². The zero-order chi connectivity index (χ0) is 20.8. The third-order valence-corrected chi connectivity index (χ3v) is 6.72. The molecule has 2 aromatic carbocycles. The van der Waals surface area contributed by atoms with E-state index in [-0.39, 0.29) is 24.0 Å². The molecule has 2 aliphatic rings. The molecule has 2 N–H and O–H groups in total. The molecule has 2 heterocycles. The molecule has 6 nitrogen and oxygen atoms in total. The number of aromatic hydroxyl groups is 1.